The van der Waals surface area contributed by atoms with Gasteiger partial charge >= 0.3 is 0 Å². The fourth-order valence-corrected chi connectivity index (χ4v) is 3.32. The van der Waals surface area contributed by atoms with Crippen LogP contribution in [0.2, 0.25) is 0 Å². The van der Waals surface area contributed by atoms with Gasteiger partial charge in [-0.05, 0) is 25.5 Å². The Bertz CT molecular complexity index is 715. The molecule has 0 saturated carbocycles. The molecule has 2 aromatic heterocycles. The summed E-state index contributed by atoms with van der Waals surface area (Å²) in [6, 6.07) is 0. The standard InChI is InChI=1S/C15H21ClN6OS/c1-24-15-19-13(21-6-3-2-4-7-21)11-10-18-22(14(11)20-15)8-5-17-12(23)9-16/h10H,2-9H2,1H3,(H,17,23). The lowest BCUT2D eigenvalue weighted by atomic mass is 10.1. The SMILES string of the molecule is CSc1nc(N2CCCCC2)c2cnn(CCNC(=O)CCl)c2n1. The van der Waals surface area contributed by atoms with Crippen molar-refractivity contribution in [1.82, 2.24) is 25.1 Å². The first kappa shape index (κ1) is 17.3. The van der Waals surface area contributed by atoms with E-state index >= 15 is 0 Å². The maximum Gasteiger partial charge on any atom is 0.234 e. The highest BCUT2D eigenvalue weighted by Crippen LogP contribution is 2.28. The zero-order valence-electron chi connectivity index (χ0n) is 13.7. The van der Waals surface area contributed by atoms with Gasteiger partial charge in [0.15, 0.2) is 10.8 Å². The van der Waals surface area contributed by atoms with Crippen LogP contribution in [0.4, 0.5) is 5.82 Å². The summed E-state index contributed by atoms with van der Waals surface area (Å²) in [6.07, 6.45) is 7.46. The van der Waals surface area contributed by atoms with E-state index in [9.17, 15) is 4.79 Å². The van der Waals surface area contributed by atoms with Gasteiger partial charge in [0.1, 0.15) is 11.7 Å². The lowest BCUT2D eigenvalue weighted by molar-refractivity contribution is -0.118. The maximum absolute atomic E-state index is 11.3. The van der Waals surface area contributed by atoms with Crippen LogP contribution >= 0.6 is 23.4 Å². The van der Waals surface area contributed by atoms with Crippen LogP contribution in [0.3, 0.4) is 0 Å². The number of carbonyl (C=O) groups is 1. The van der Waals surface area contributed by atoms with Crippen molar-refractivity contribution in [2.45, 2.75) is 31.0 Å². The van der Waals surface area contributed by atoms with Crippen LogP contribution in [0.5, 0.6) is 0 Å². The second kappa shape index (κ2) is 8.02. The Morgan fingerprint density at radius 3 is 2.83 bits per heavy atom. The van der Waals surface area contributed by atoms with Crippen LogP contribution in [-0.2, 0) is 11.3 Å². The van der Waals surface area contributed by atoms with E-state index in [1.54, 1.807) is 0 Å². The van der Waals surface area contributed by atoms with Crippen molar-refractivity contribution >= 4 is 46.1 Å². The van der Waals surface area contributed by atoms with Crippen molar-refractivity contribution in [3.8, 4) is 0 Å². The summed E-state index contributed by atoms with van der Waals surface area (Å²) in [6.45, 7) is 3.07. The van der Waals surface area contributed by atoms with Crippen molar-refractivity contribution < 1.29 is 4.79 Å². The quantitative estimate of drug-likeness (QED) is 0.476. The maximum atomic E-state index is 11.3. The van der Waals surface area contributed by atoms with E-state index in [0.717, 1.165) is 35.1 Å². The Morgan fingerprint density at radius 1 is 1.33 bits per heavy atom. The fourth-order valence-electron chi connectivity index (χ4n) is 2.87. The van der Waals surface area contributed by atoms with Gasteiger partial charge in [0.2, 0.25) is 5.91 Å². The molecule has 0 aliphatic carbocycles. The van der Waals surface area contributed by atoms with Crippen LogP contribution in [0.15, 0.2) is 11.4 Å². The first-order chi connectivity index (χ1) is 11.7. The first-order valence-corrected chi connectivity index (χ1v) is 9.84. The molecule has 1 saturated heterocycles. The Hall–Kier alpha value is -1.54. The summed E-state index contributed by atoms with van der Waals surface area (Å²) in [7, 11) is 0. The van der Waals surface area contributed by atoms with Crippen LogP contribution in [0.1, 0.15) is 19.3 Å². The number of hydrogen-bond donors (Lipinski definition) is 1. The lowest BCUT2D eigenvalue weighted by Crippen LogP contribution is -2.30. The molecule has 2 aromatic rings. The minimum Gasteiger partial charge on any atom is -0.356 e. The van der Waals surface area contributed by atoms with Gasteiger partial charge in [0.25, 0.3) is 0 Å². The number of halogens is 1. The highest BCUT2D eigenvalue weighted by atomic mass is 35.5. The van der Waals surface area contributed by atoms with Crippen molar-refractivity contribution in [2.24, 2.45) is 0 Å². The van der Waals surface area contributed by atoms with Crippen molar-refractivity contribution in [1.29, 1.82) is 0 Å². The molecule has 0 radical (unpaired) electrons. The monoisotopic (exact) mass is 368 g/mol. The largest absolute Gasteiger partial charge is 0.356 e. The molecule has 0 spiro atoms. The summed E-state index contributed by atoms with van der Waals surface area (Å²) in [5, 5.41) is 8.91. The van der Waals surface area contributed by atoms with Gasteiger partial charge in [-0.25, -0.2) is 14.6 Å². The molecule has 9 heteroatoms. The van der Waals surface area contributed by atoms with E-state index in [1.807, 2.05) is 17.1 Å². The number of alkyl halides is 1. The second-order valence-corrected chi connectivity index (χ2v) is 6.71. The van der Waals surface area contributed by atoms with Crippen LogP contribution in [0.25, 0.3) is 11.0 Å². The third-order valence-electron chi connectivity index (χ3n) is 4.06. The number of aromatic nitrogens is 4. The number of nitrogens with zero attached hydrogens (tertiary/aromatic N) is 5. The van der Waals surface area contributed by atoms with E-state index in [0.29, 0.717) is 13.1 Å². The number of rotatable bonds is 6. The number of thioether (sulfide) groups is 1. The minimum atomic E-state index is -0.179. The molecule has 0 unspecified atom stereocenters. The normalized spacial score (nSPS) is 15.0. The Balaban J connectivity index is 1.88. The summed E-state index contributed by atoms with van der Waals surface area (Å²) in [5.74, 6) is 0.763. The second-order valence-electron chi connectivity index (χ2n) is 5.67. The van der Waals surface area contributed by atoms with Gasteiger partial charge in [-0.3, -0.25) is 4.79 Å². The number of hydrogen-bond acceptors (Lipinski definition) is 6. The van der Waals surface area contributed by atoms with Gasteiger partial charge in [-0.15, -0.1) is 11.6 Å². The molecule has 0 aromatic carbocycles. The molecule has 0 atom stereocenters. The van der Waals surface area contributed by atoms with Gasteiger partial charge in [0.05, 0.1) is 18.1 Å². The smallest absolute Gasteiger partial charge is 0.234 e. The molecule has 1 amide bonds. The van der Waals surface area contributed by atoms with Gasteiger partial charge in [-0.1, -0.05) is 11.8 Å². The third-order valence-corrected chi connectivity index (χ3v) is 4.85. The summed E-state index contributed by atoms with van der Waals surface area (Å²) in [4.78, 5) is 22.9. The van der Waals surface area contributed by atoms with Crippen molar-refractivity contribution in [3.63, 3.8) is 0 Å². The summed E-state index contributed by atoms with van der Waals surface area (Å²) in [5.41, 5.74) is 0.815. The predicted molar refractivity (Wildman–Crippen MR) is 96.9 cm³/mol. The number of amides is 1. The number of anilines is 1. The highest BCUT2D eigenvalue weighted by Gasteiger charge is 2.19. The van der Waals surface area contributed by atoms with Gasteiger partial charge < -0.3 is 10.2 Å². The topological polar surface area (TPSA) is 75.9 Å². The van der Waals surface area contributed by atoms with Crippen LogP contribution in [0, 0.1) is 0 Å². The minimum absolute atomic E-state index is 0.0300. The molecule has 1 fully saturated rings. The van der Waals surface area contributed by atoms with Gasteiger partial charge in [-0.2, -0.15) is 5.10 Å². The molecule has 1 N–H and O–H groups in total. The number of fused-ring (bicyclic) bond motifs is 1. The van der Waals surface area contributed by atoms with E-state index in [-0.39, 0.29) is 11.8 Å². The molecule has 7 nitrogen and oxygen atoms in total. The number of piperidine rings is 1. The molecular formula is C15H21ClN6OS. The Morgan fingerprint density at radius 2 is 2.12 bits per heavy atom. The highest BCUT2D eigenvalue weighted by molar-refractivity contribution is 7.98. The van der Waals surface area contributed by atoms with Crippen molar-refractivity contribution in [3.05, 3.63) is 6.20 Å². The molecule has 0 bridgehead atoms. The average molecular weight is 369 g/mol. The van der Waals surface area contributed by atoms with E-state index < -0.39 is 0 Å². The number of carbonyl (C=O) groups excluding carboxylic acids is 1. The third kappa shape index (κ3) is 3.75. The summed E-state index contributed by atoms with van der Waals surface area (Å²) < 4.78 is 1.82. The zero-order valence-corrected chi connectivity index (χ0v) is 15.2. The van der Waals surface area contributed by atoms with E-state index in [4.69, 9.17) is 16.6 Å². The van der Waals surface area contributed by atoms with Crippen LogP contribution in [-0.4, -0.2) is 57.4 Å². The molecule has 3 rings (SSSR count). The Kier molecular flexibility index (Phi) is 5.78. The molecule has 130 valence electrons. The molecule has 24 heavy (non-hydrogen) atoms. The van der Waals surface area contributed by atoms with Crippen molar-refractivity contribution in [2.75, 3.05) is 36.7 Å². The zero-order chi connectivity index (χ0) is 16.9. The predicted octanol–water partition coefficient (Wildman–Crippen LogP) is 1.89. The Labute approximate surface area is 150 Å². The molecule has 1 aliphatic heterocycles. The van der Waals surface area contributed by atoms with Crippen LogP contribution < -0.4 is 10.2 Å². The average Bonchev–Trinajstić information content (AvgIpc) is 3.04. The lowest BCUT2D eigenvalue weighted by Gasteiger charge is -2.28. The van der Waals surface area contributed by atoms with Gasteiger partial charge in [0, 0.05) is 19.6 Å². The van der Waals surface area contributed by atoms with E-state index in [1.165, 1.54) is 31.0 Å². The van der Waals surface area contributed by atoms with E-state index in [2.05, 4.69) is 20.3 Å². The molecular weight excluding hydrogens is 348 g/mol. The number of nitrogens with one attached hydrogen (secondary N) is 1. The molecule has 3 heterocycles. The molecule has 1 aliphatic rings. The summed E-state index contributed by atoms with van der Waals surface area (Å²) >= 11 is 7.02. The first-order valence-electron chi connectivity index (χ1n) is 8.08. The fraction of sp³-hybridized carbons (Fsp3) is 0.600.